The second-order valence-corrected chi connectivity index (χ2v) is 7.66. The fourth-order valence-electron chi connectivity index (χ4n) is 2.68. The molecule has 0 atom stereocenters. The average molecular weight is 533 g/mol. The van der Waals surface area contributed by atoms with Gasteiger partial charge in [0.25, 0.3) is 11.9 Å². The fraction of sp³-hybridized carbons (Fsp3) is 0.100. The summed E-state index contributed by atoms with van der Waals surface area (Å²) in [5, 5.41) is 38.7. The van der Waals surface area contributed by atoms with E-state index < -0.39 is 10.1 Å². The minimum atomic E-state index is -0.840. The maximum absolute atomic E-state index is 10.9. The van der Waals surface area contributed by atoms with E-state index in [0.717, 1.165) is 11.1 Å². The Morgan fingerprint density at radius 3 is 1.42 bits per heavy atom. The van der Waals surface area contributed by atoms with Crippen LogP contribution in [0.5, 0.6) is 0 Å². The van der Waals surface area contributed by atoms with E-state index in [0.29, 0.717) is 21.7 Å². The van der Waals surface area contributed by atoms with Crippen LogP contribution in [0.15, 0.2) is 71.1 Å². The van der Waals surface area contributed by atoms with Crippen LogP contribution < -0.4 is 21.3 Å². The van der Waals surface area contributed by atoms with E-state index in [9.17, 15) is 20.2 Å². The standard InChI is InChI=1S/C20H18Cl2N10O4/c21-17-7-1-13(9-23-17)11-25-19(29-31(33)34)27-15-3-5-16(6-4-15)28-20(30-32(35)36)26-12-14-2-8-18(22)24-10-14/h1-10H,11-12H2,(H2,25,27,29)(H2,26,28,30). The normalized spacial score (nSPS) is 11.5. The molecule has 0 saturated carbocycles. The van der Waals surface area contributed by atoms with Crippen molar-refractivity contribution in [3.05, 3.63) is 103 Å². The highest BCUT2D eigenvalue weighted by Crippen LogP contribution is 2.14. The van der Waals surface area contributed by atoms with Gasteiger partial charge in [0.15, 0.2) is 10.1 Å². The first-order chi connectivity index (χ1) is 17.3. The number of halogens is 2. The summed E-state index contributed by atoms with van der Waals surface area (Å²) in [6, 6.07) is 13.0. The Morgan fingerprint density at radius 2 is 1.11 bits per heavy atom. The van der Waals surface area contributed by atoms with Gasteiger partial charge in [-0.25, -0.2) is 30.2 Å². The first-order valence-corrected chi connectivity index (χ1v) is 10.8. The first-order valence-electron chi connectivity index (χ1n) is 10.1. The number of pyridine rings is 2. The number of benzene rings is 1. The number of rotatable bonds is 8. The van der Waals surface area contributed by atoms with Gasteiger partial charge in [-0.05, 0) is 47.5 Å². The van der Waals surface area contributed by atoms with Crippen molar-refractivity contribution in [3.8, 4) is 0 Å². The highest BCUT2D eigenvalue weighted by molar-refractivity contribution is 6.29. The molecule has 1 aromatic carbocycles. The van der Waals surface area contributed by atoms with Crippen molar-refractivity contribution in [1.82, 2.24) is 20.6 Å². The van der Waals surface area contributed by atoms with Crippen LogP contribution in [0, 0.1) is 20.2 Å². The van der Waals surface area contributed by atoms with E-state index in [-0.39, 0.29) is 25.0 Å². The molecule has 0 fully saturated rings. The number of nitrogens with zero attached hydrogens (tertiary/aromatic N) is 6. The van der Waals surface area contributed by atoms with Crippen molar-refractivity contribution in [2.45, 2.75) is 13.1 Å². The SMILES string of the molecule is O=[N+]([O-])N=C(NCc1ccc(Cl)nc1)Nc1ccc(NC(=N[N+](=O)[O-])NCc2ccc(Cl)nc2)cc1. The van der Waals surface area contributed by atoms with Crippen LogP contribution >= 0.6 is 23.2 Å². The Bertz CT molecular complexity index is 1150. The third-order valence-electron chi connectivity index (χ3n) is 4.27. The molecule has 0 aliphatic carbocycles. The number of guanidine groups is 2. The lowest BCUT2D eigenvalue weighted by molar-refractivity contribution is -0.485. The molecule has 3 rings (SSSR count). The van der Waals surface area contributed by atoms with Crippen LogP contribution in [0.2, 0.25) is 10.3 Å². The van der Waals surface area contributed by atoms with Crippen LogP contribution in [-0.4, -0.2) is 32.0 Å². The summed E-state index contributed by atoms with van der Waals surface area (Å²) in [5.74, 6) is -0.214. The van der Waals surface area contributed by atoms with Crippen LogP contribution in [0.4, 0.5) is 11.4 Å². The van der Waals surface area contributed by atoms with Gasteiger partial charge in [-0.3, -0.25) is 0 Å². The summed E-state index contributed by atoms with van der Waals surface area (Å²) in [6.45, 7) is 0.415. The number of nitro groups is 2. The lowest BCUT2D eigenvalue weighted by Crippen LogP contribution is -2.32. The molecule has 16 heteroatoms. The van der Waals surface area contributed by atoms with Crippen molar-refractivity contribution in [1.29, 1.82) is 0 Å². The molecule has 0 spiro atoms. The van der Waals surface area contributed by atoms with Crippen LogP contribution in [0.25, 0.3) is 0 Å². The van der Waals surface area contributed by atoms with Gasteiger partial charge in [0.1, 0.15) is 20.5 Å². The highest BCUT2D eigenvalue weighted by Gasteiger charge is 2.09. The van der Waals surface area contributed by atoms with Gasteiger partial charge < -0.3 is 21.3 Å². The summed E-state index contributed by atoms with van der Waals surface area (Å²) in [4.78, 5) is 29.7. The van der Waals surface area contributed by atoms with Crippen molar-refractivity contribution in [2.75, 3.05) is 10.6 Å². The molecule has 0 aliphatic rings. The Morgan fingerprint density at radius 1 is 0.722 bits per heavy atom. The molecule has 0 saturated heterocycles. The lowest BCUT2D eigenvalue weighted by Gasteiger charge is -2.12. The molecule has 3 aromatic rings. The van der Waals surface area contributed by atoms with Gasteiger partial charge in [-0.2, -0.15) is 0 Å². The first kappa shape index (κ1) is 26.1. The lowest BCUT2D eigenvalue weighted by atomic mass is 10.2. The zero-order chi connectivity index (χ0) is 25.9. The van der Waals surface area contributed by atoms with Gasteiger partial charge in [0, 0.05) is 36.9 Å². The minimum absolute atomic E-state index is 0.107. The molecular weight excluding hydrogens is 515 g/mol. The Kier molecular flexibility index (Phi) is 9.25. The molecule has 0 unspecified atom stereocenters. The smallest absolute Gasteiger partial charge is 0.273 e. The third kappa shape index (κ3) is 9.00. The maximum Gasteiger partial charge on any atom is 0.273 e. The molecule has 0 radical (unpaired) electrons. The summed E-state index contributed by atoms with van der Waals surface area (Å²) < 4.78 is 0. The summed E-state index contributed by atoms with van der Waals surface area (Å²) in [7, 11) is 0. The van der Waals surface area contributed by atoms with Crippen LogP contribution in [0.1, 0.15) is 11.1 Å². The average Bonchev–Trinajstić information content (AvgIpc) is 2.83. The molecule has 0 amide bonds. The van der Waals surface area contributed by atoms with Gasteiger partial charge in [-0.15, -0.1) is 0 Å². The summed E-state index contributed by atoms with van der Waals surface area (Å²) in [6.07, 6.45) is 3.06. The number of hydrogen-bond acceptors (Lipinski definition) is 6. The topological polar surface area (TPSA) is 185 Å². The van der Waals surface area contributed by atoms with Crippen LogP contribution in [-0.2, 0) is 13.1 Å². The van der Waals surface area contributed by atoms with Crippen molar-refractivity contribution in [3.63, 3.8) is 0 Å². The monoisotopic (exact) mass is 532 g/mol. The number of anilines is 2. The van der Waals surface area contributed by atoms with Crippen molar-refractivity contribution < 1.29 is 10.1 Å². The number of nitrogens with one attached hydrogen (secondary N) is 4. The molecule has 186 valence electrons. The quantitative estimate of drug-likeness (QED) is 0.110. The number of aromatic nitrogens is 2. The highest BCUT2D eigenvalue weighted by atomic mass is 35.5. The van der Waals surface area contributed by atoms with Gasteiger partial charge in [-0.1, -0.05) is 35.3 Å². The van der Waals surface area contributed by atoms with Gasteiger partial charge in [0.05, 0.1) is 0 Å². The Balaban J connectivity index is 1.63. The zero-order valence-corrected chi connectivity index (χ0v) is 19.8. The summed E-state index contributed by atoms with van der Waals surface area (Å²) >= 11 is 11.5. The van der Waals surface area contributed by atoms with Crippen molar-refractivity contribution >= 4 is 46.5 Å². The predicted octanol–water partition coefficient (Wildman–Crippen LogP) is 3.28. The molecule has 14 nitrogen and oxygen atoms in total. The Labute approximate surface area is 213 Å². The van der Waals surface area contributed by atoms with Gasteiger partial charge >= 0.3 is 0 Å². The second kappa shape index (κ2) is 12.8. The molecule has 2 heterocycles. The molecule has 4 N–H and O–H groups in total. The van der Waals surface area contributed by atoms with Crippen LogP contribution in [0.3, 0.4) is 0 Å². The maximum atomic E-state index is 10.9. The Hall–Kier alpha value is -4.56. The van der Waals surface area contributed by atoms with E-state index in [4.69, 9.17) is 23.2 Å². The third-order valence-corrected chi connectivity index (χ3v) is 4.72. The van der Waals surface area contributed by atoms with E-state index in [1.54, 1.807) is 48.5 Å². The van der Waals surface area contributed by atoms with Gasteiger partial charge in [0.2, 0.25) is 0 Å². The molecule has 2 aromatic heterocycles. The summed E-state index contributed by atoms with van der Waals surface area (Å²) in [5.41, 5.74) is 2.40. The zero-order valence-electron chi connectivity index (χ0n) is 18.3. The fourth-order valence-corrected chi connectivity index (χ4v) is 2.90. The molecule has 36 heavy (non-hydrogen) atoms. The van der Waals surface area contributed by atoms with E-state index >= 15 is 0 Å². The molecule has 0 bridgehead atoms. The largest absolute Gasteiger partial charge is 0.347 e. The number of hydrogen-bond donors (Lipinski definition) is 4. The number of hydrazone groups is 2. The van der Waals surface area contributed by atoms with E-state index in [1.165, 1.54) is 12.4 Å². The van der Waals surface area contributed by atoms with E-state index in [2.05, 4.69) is 41.4 Å². The minimum Gasteiger partial charge on any atom is -0.347 e. The van der Waals surface area contributed by atoms with E-state index in [1.807, 2.05) is 0 Å². The molecule has 0 aliphatic heterocycles. The second-order valence-electron chi connectivity index (χ2n) is 6.89. The van der Waals surface area contributed by atoms with Crippen molar-refractivity contribution in [2.24, 2.45) is 10.2 Å². The molecular formula is C20H18Cl2N10O4. The predicted molar refractivity (Wildman–Crippen MR) is 135 cm³/mol.